The zero-order valence-electron chi connectivity index (χ0n) is 10.8. The van der Waals surface area contributed by atoms with Gasteiger partial charge in [0, 0.05) is 0 Å². The molecule has 0 rings (SSSR count). The minimum Gasteiger partial charge on any atom is -0.0654 e. The topological polar surface area (TPSA) is 0 Å². The molecule has 95 valence electrons. The molecule has 0 aliphatic carbocycles. The summed E-state index contributed by atoms with van der Waals surface area (Å²) in [6.07, 6.45) is 17.4. The average molecular weight is 262 g/mol. The van der Waals surface area contributed by atoms with Gasteiger partial charge >= 0.3 is 17.1 Å². The second-order valence-electron chi connectivity index (χ2n) is 4.54. The first-order valence-corrected chi connectivity index (χ1v) is 6.91. The molecular weight excluding hydrogens is 232 g/mol. The summed E-state index contributed by atoms with van der Waals surface area (Å²) in [4.78, 5) is 0. The molecule has 0 unspecified atom stereocenters. The van der Waals surface area contributed by atoms with E-state index in [1.807, 2.05) is 0 Å². The van der Waals surface area contributed by atoms with Crippen molar-refractivity contribution in [3.05, 3.63) is 0 Å². The Hall–Kier alpha value is 0.519. The monoisotopic (exact) mass is 261 g/mol. The van der Waals surface area contributed by atoms with Crippen LogP contribution in [-0.2, 0) is 17.1 Å². The maximum Gasteiger partial charge on any atom is 2.00 e. The van der Waals surface area contributed by atoms with Crippen LogP contribution in [0.25, 0.3) is 0 Å². The number of hydrogen-bond donors (Lipinski definition) is 0. The van der Waals surface area contributed by atoms with Crippen molar-refractivity contribution in [1.82, 2.24) is 0 Å². The molecule has 0 amide bonds. The van der Waals surface area contributed by atoms with Gasteiger partial charge < -0.3 is 0 Å². The molecule has 0 fully saturated rings. The molecule has 1 radical (unpaired) electrons. The van der Waals surface area contributed by atoms with Crippen LogP contribution in [0.15, 0.2) is 0 Å². The molecule has 0 nitrogen and oxygen atoms in total. The first-order valence-electron chi connectivity index (χ1n) is 6.91. The molecular formula is C14H30Cu+2. The third-order valence-corrected chi connectivity index (χ3v) is 2.96. The number of rotatable bonds is 11. The Morgan fingerprint density at radius 2 is 0.600 bits per heavy atom. The third-order valence-electron chi connectivity index (χ3n) is 2.96. The van der Waals surface area contributed by atoms with Crippen LogP contribution in [0.2, 0.25) is 0 Å². The van der Waals surface area contributed by atoms with E-state index in [2.05, 4.69) is 13.8 Å². The molecule has 0 spiro atoms. The molecule has 0 aromatic heterocycles. The summed E-state index contributed by atoms with van der Waals surface area (Å²) in [5.41, 5.74) is 0. The molecule has 0 aliphatic heterocycles. The summed E-state index contributed by atoms with van der Waals surface area (Å²) in [7, 11) is 0. The fourth-order valence-corrected chi connectivity index (χ4v) is 1.91. The molecule has 0 N–H and O–H groups in total. The largest absolute Gasteiger partial charge is 2.00 e. The minimum atomic E-state index is 0. The Balaban J connectivity index is 0. The van der Waals surface area contributed by atoms with Crippen LogP contribution < -0.4 is 0 Å². The predicted octanol–water partition coefficient (Wildman–Crippen LogP) is 5.70. The van der Waals surface area contributed by atoms with Crippen LogP contribution in [0.1, 0.15) is 90.9 Å². The quantitative estimate of drug-likeness (QED) is 0.330. The van der Waals surface area contributed by atoms with E-state index in [0.29, 0.717) is 0 Å². The maximum atomic E-state index is 2.29. The first kappa shape index (κ1) is 17.9. The molecule has 0 aromatic rings. The Kier molecular flexibility index (Phi) is 20.2. The van der Waals surface area contributed by atoms with Gasteiger partial charge in [0.2, 0.25) is 0 Å². The van der Waals surface area contributed by atoms with Gasteiger partial charge in [-0.2, -0.15) is 0 Å². The van der Waals surface area contributed by atoms with Crippen molar-refractivity contribution in [3.63, 3.8) is 0 Å². The zero-order chi connectivity index (χ0) is 10.5. The molecule has 0 atom stereocenters. The molecule has 0 aromatic carbocycles. The fourth-order valence-electron chi connectivity index (χ4n) is 1.91. The maximum absolute atomic E-state index is 2.29. The van der Waals surface area contributed by atoms with Crippen molar-refractivity contribution in [1.29, 1.82) is 0 Å². The van der Waals surface area contributed by atoms with Crippen molar-refractivity contribution < 1.29 is 17.1 Å². The van der Waals surface area contributed by atoms with Gasteiger partial charge in [-0.15, -0.1) is 0 Å². The van der Waals surface area contributed by atoms with Crippen molar-refractivity contribution in [3.8, 4) is 0 Å². The van der Waals surface area contributed by atoms with E-state index in [4.69, 9.17) is 0 Å². The average Bonchev–Trinajstić information content (AvgIpc) is 2.21. The van der Waals surface area contributed by atoms with E-state index in [0.717, 1.165) is 0 Å². The minimum absolute atomic E-state index is 0. The van der Waals surface area contributed by atoms with E-state index in [1.54, 1.807) is 0 Å². The van der Waals surface area contributed by atoms with E-state index in [1.165, 1.54) is 77.0 Å². The number of unbranched alkanes of at least 4 members (excludes halogenated alkanes) is 11. The van der Waals surface area contributed by atoms with Crippen molar-refractivity contribution in [2.24, 2.45) is 0 Å². The van der Waals surface area contributed by atoms with Crippen LogP contribution >= 0.6 is 0 Å². The van der Waals surface area contributed by atoms with Gasteiger partial charge in [-0.25, -0.2) is 0 Å². The summed E-state index contributed by atoms with van der Waals surface area (Å²) < 4.78 is 0. The number of hydrogen-bond acceptors (Lipinski definition) is 0. The molecule has 0 saturated heterocycles. The van der Waals surface area contributed by atoms with Gasteiger partial charge in [-0.05, 0) is 0 Å². The van der Waals surface area contributed by atoms with Gasteiger partial charge in [0.05, 0.1) is 0 Å². The van der Waals surface area contributed by atoms with E-state index >= 15 is 0 Å². The third kappa shape index (κ3) is 17.1. The predicted molar refractivity (Wildman–Crippen MR) is 66.8 cm³/mol. The second-order valence-corrected chi connectivity index (χ2v) is 4.54. The van der Waals surface area contributed by atoms with Crippen LogP contribution in [-0.4, -0.2) is 0 Å². The summed E-state index contributed by atoms with van der Waals surface area (Å²) in [5.74, 6) is 0. The van der Waals surface area contributed by atoms with Crippen LogP contribution in [0, 0.1) is 0 Å². The Morgan fingerprint density at radius 1 is 0.400 bits per heavy atom. The normalized spacial score (nSPS) is 10.0. The van der Waals surface area contributed by atoms with E-state index in [-0.39, 0.29) is 17.1 Å². The Morgan fingerprint density at radius 3 is 0.800 bits per heavy atom. The zero-order valence-corrected chi connectivity index (χ0v) is 11.7. The van der Waals surface area contributed by atoms with Gasteiger partial charge in [-0.3, -0.25) is 0 Å². The molecule has 0 saturated carbocycles. The van der Waals surface area contributed by atoms with Gasteiger partial charge in [0.15, 0.2) is 0 Å². The van der Waals surface area contributed by atoms with E-state index in [9.17, 15) is 0 Å². The van der Waals surface area contributed by atoms with Gasteiger partial charge in [0.1, 0.15) is 0 Å². The van der Waals surface area contributed by atoms with Crippen LogP contribution in [0.5, 0.6) is 0 Å². The molecule has 0 bridgehead atoms. The first-order chi connectivity index (χ1) is 6.91. The van der Waals surface area contributed by atoms with Crippen LogP contribution in [0.3, 0.4) is 0 Å². The molecule has 1 heteroatoms. The summed E-state index contributed by atoms with van der Waals surface area (Å²) >= 11 is 0. The Labute approximate surface area is 108 Å². The smallest absolute Gasteiger partial charge is 0.0654 e. The standard InChI is InChI=1S/C14H30.Cu/c1-3-5-7-9-11-13-14-12-10-8-6-4-2;/h3-14H2,1-2H3;/q;+2. The van der Waals surface area contributed by atoms with Crippen molar-refractivity contribution in [2.45, 2.75) is 90.9 Å². The van der Waals surface area contributed by atoms with Gasteiger partial charge in [0.25, 0.3) is 0 Å². The SMILES string of the molecule is CCCCCCCCCCCCCC.[Cu+2]. The van der Waals surface area contributed by atoms with Crippen molar-refractivity contribution >= 4 is 0 Å². The Bertz CT molecular complexity index is 79.3. The fraction of sp³-hybridized carbons (Fsp3) is 1.00. The van der Waals surface area contributed by atoms with Crippen LogP contribution in [0.4, 0.5) is 0 Å². The summed E-state index contributed by atoms with van der Waals surface area (Å²) in [6.45, 7) is 4.57. The summed E-state index contributed by atoms with van der Waals surface area (Å²) in [5, 5.41) is 0. The van der Waals surface area contributed by atoms with Gasteiger partial charge in [-0.1, -0.05) is 90.9 Å². The molecule has 0 aliphatic rings. The van der Waals surface area contributed by atoms with Crippen molar-refractivity contribution in [2.75, 3.05) is 0 Å². The van der Waals surface area contributed by atoms with E-state index < -0.39 is 0 Å². The second kappa shape index (κ2) is 16.9. The summed E-state index contributed by atoms with van der Waals surface area (Å²) in [6, 6.07) is 0. The molecule has 15 heavy (non-hydrogen) atoms. The molecule has 0 heterocycles.